The molecule has 0 aliphatic carbocycles. The van der Waals surface area contributed by atoms with E-state index < -0.39 is 0 Å². The number of nitrogens with zero attached hydrogens (tertiary/aromatic N) is 2. The summed E-state index contributed by atoms with van der Waals surface area (Å²) < 4.78 is 1.68. The SMILES string of the molecule is Cc1cc(C)n(Cc2ccccc2)c(=O)n1. The summed E-state index contributed by atoms with van der Waals surface area (Å²) in [6, 6.07) is 11.8. The van der Waals surface area contributed by atoms with Crippen LogP contribution in [0.1, 0.15) is 17.0 Å². The molecule has 0 aliphatic rings. The van der Waals surface area contributed by atoms with E-state index in [0.29, 0.717) is 6.54 Å². The summed E-state index contributed by atoms with van der Waals surface area (Å²) in [5, 5.41) is 0. The van der Waals surface area contributed by atoms with Gasteiger partial charge in [0, 0.05) is 11.4 Å². The zero-order valence-corrected chi connectivity index (χ0v) is 9.47. The molecule has 1 aromatic heterocycles. The molecule has 0 N–H and O–H groups in total. The zero-order valence-electron chi connectivity index (χ0n) is 9.47. The molecule has 2 aromatic rings. The molecular formula is C13H14N2O. The summed E-state index contributed by atoms with van der Waals surface area (Å²) in [5.41, 5.74) is 2.65. The predicted octanol–water partition coefficient (Wildman–Crippen LogP) is 1.91. The van der Waals surface area contributed by atoms with Crippen molar-refractivity contribution in [2.75, 3.05) is 0 Å². The van der Waals surface area contributed by atoms with E-state index in [1.807, 2.05) is 50.2 Å². The minimum Gasteiger partial charge on any atom is -0.292 e. The van der Waals surface area contributed by atoms with E-state index in [-0.39, 0.29) is 5.69 Å². The minimum absolute atomic E-state index is 0.179. The summed E-state index contributed by atoms with van der Waals surface area (Å²) in [5.74, 6) is 0. The van der Waals surface area contributed by atoms with Gasteiger partial charge in [-0.2, -0.15) is 4.98 Å². The maximum Gasteiger partial charge on any atom is 0.348 e. The fourth-order valence-electron chi connectivity index (χ4n) is 1.73. The molecule has 3 nitrogen and oxygen atoms in total. The van der Waals surface area contributed by atoms with Crippen LogP contribution >= 0.6 is 0 Å². The van der Waals surface area contributed by atoms with Crippen LogP contribution in [0.25, 0.3) is 0 Å². The molecule has 0 aliphatic heterocycles. The van der Waals surface area contributed by atoms with Crippen LogP contribution in [-0.2, 0) is 6.54 Å². The van der Waals surface area contributed by atoms with Gasteiger partial charge >= 0.3 is 5.69 Å². The zero-order chi connectivity index (χ0) is 11.5. The van der Waals surface area contributed by atoms with Gasteiger partial charge in [0.2, 0.25) is 0 Å². The molecule has 0 bridgehead atoms. The highest BCUT2D eigenvalue weighted by Gasteiger charge is 2.03. The van der Waals surface area contributed by atoms with Crippen molar-refractivity contribution in [2.24, 2.45) is 0 Å². The maximum atomic E-state index is 11.7. The molecule has 0 saturated carbocycles. The van der Waals surface area contributed by atoms with Crippen molar-refractivity contribution in [3.05, 3.63) is 63.8 Å². The number of aryl methyl sites for hydroxylation is 2. The summed E-state index contributed by atoms with van der Waals surface area (Å²) in [4.78, 5) is 15.7. The van der Waals surface area contributed by atoms with Crippen molar-refractivity contribution < 1.29 is 0 Å². The molecule has 0 atom stereocenters. The Bertz CT molecular complexity index is 544. The average molecular weight is 214 g/mol. The second-order valence-electron chi connectivity index (χ2n) is 3.89. The molecule has 16 heavy (non-hydrogen) atoms. The third-order valence-electron chi connectivity index (χ3n) is 2.53. The van der Waals surface area contributed by atoms with Crippen LogP contribution in [0.4, 0.5) is 0 Å². The van der Waals surface area contributed by atoms with E-state index in [2.05, 4.69) is 4.98 Å². The number of hydrogen-bond donors (Lipinski definition) is 0. The molecule has 0 spiro atoms. The van der Waals surface area contributed by atoms with E-state index >= 15 is 0 Å². The second kappa shape index (κ2) is 4.31. The Morgan fingerprint density at radius 1 is 1.19 bits per heavy atom. The van der Waals surface area contributed by atoms with E-state index in [4.69, 9.17) is 0 Å². The Morgan fingerprint density at radius 2 is 1.88 bits per heavy atom. The van der Waals surface area contributed by atoms with Gasteiger partial charge in [0.1, 0.15) is 0 Å². The van der Waals surface area contributed by atoms with Crippen molar-refractivity contribution in [3.8, 4) is 0 Å². The van der Waals surface area contributed by atoms with Crippen LogP contribution < -0.4 is 5.69 Å². The molecule has 0 unspecified atom stereocenters. The standard InChI is InChI=1S/C13H14N2O/c1-10-8-11(2)15(13(16)14-10)9-12-6-4-3-5-7-12/h3-8H,9H2,1-2H3. The highest BCUT2D eigenvalue weighted by Crippen LogP contribution is 2.03. The molecule has 3 heteroatoms. The fourth-order valence-corrected chi connectivity index (χ4v) is 1.73. The first kappa shape index (κ1) is 10.6. The van der Waals surface area contributed by atoms with E-state index in [1.54, 1.807) is 4.57 Å². The first-order chi connectivity index (χ1) is 7.66. The van der Waals surface area contributed by atoms with E-state index in [9.17, 15) is 4.79 Å². The Kier molecular flexibility index (Phi) is 2.86. The van der Waals surface area contributed by atoms with Crippen LogP contribution in [0.5, 0.6) is 0 Å². The number of aromatic nitrogens is 2. The number of benzene rings is 1. The third kappa shape index (κ3) is 2.19. The third-order valence-corrected chi connectivity index (χ3v) is 2.53. The van der Waals surface area contributed by atoms with Gasteiger partial charge in [0.05, 0.1) is 6.54 Å². The summed E-state index contributed by atoms with van der Waals surface area (Å²) >= 11 is 0. The largest absolute Gasteiger partial charge is 0.348 e. The van der Waals surface area contributed by atoms with Gasteiger partial charge in [-0.15, -0.1) is 0 Å². The lowest BCUT2D eigenvalue weighted by Crippen LogP contribution is -2.26. The van der Waals surface area contributed by atoms with Crippen molar-refractivity contribution in [1.82, 2.24) is 9.55 Å². The van der Waals surface area contributed by atoms with Gasteiger partial charge in [-0.3, -0.25) is 4.57 Å². The summed E-state index contributed by atoms with van der Waals surface area (Å²) in [7, 11) is 0. The van der Waals surface area contributed by atoms with Gasteiger partial charge in [-0.05, 0) is 25.5 Å². The van der Waals surface area contributed by atoms with Gasteiger partial charge < -0.3 is 0 Å². The maximum absolute atomic E-state index is 11.7. The lowest BCUT2D eigenvalue weighted by Gasteiger charge is -2.09. The first-order valence-corrected chi connectivity index (χ1v) is 5.26. The van der Waals surface area contributed by atoms with Crippen LogP contribution in [0.15, 0.2) is 41.2 Å². The lowest BCUT2D eigenvalue weighted by molar-refractivity contribution is 0.694. The van der Waals surface area contributed by atoms with E-state index in [1.165, 1.54) is 0 Å². The molecule has 1 heterocycles. The van der Waals surface area contributed by atoms with Crippen molar-refractivity contribution in [2.45, 2.75) is 20.4 Å². The van der Waals surface area contributed by atoms with Crippen LogP contribution in [0, 0.1) is 13.8 Å². The molecule has 1 aromatic carbocycles. The van der Waals surface area contributed by atoms with Gasteiger partial charge in [-0.1, -0.05) is 30.3 Å². The molecule has 0 saturated heterocycles. The Labute approximate surface area is 94.4 Å². The quantitative estimate of drug-likeness (QED) is 0.765. The van der Waals surface area contributed by atoms with Gasteiger partial charge in [-0.25, -0.2) is 4.79 Å². The van der Waals surface area contributed by atoms with E-state index in [0.717, 1.165) is 17.0 Å². The molecule has 82 valence electrons. The molecule has 2 rings (SSSR count). The first-order valence-electron chi connectivity index (χ1n) is 5.26. The molecular weight excluding hydrogens is 200 g/mol. The Hall–Kier alpha value is -1.90. The molecule has 0 fully saturated rings. The lowest BCUT2D eigenvalue weighted by atomic mass is 10.2. The predicted molar refractivity (Wildman–Crippen MR) is 63.5 cm³/mol. The highest BCUT2D eigenvalue weighted by atomic mass is 16.1. The highest BCUT2D eigenvalue weighted by molar-refractivity contribution is 5.16. The van der Waals surface area contributed by atoms with Gasteiger partial charge in [0.15, 0.2) is 0 Å². The molecule has 0 radical (unpaired) electrons. The second-order valence-corrected chi connectivity index (χ2v) is 3.89. The number of rotatable bonds is 2. The summed E-state index contributed by atoms with van der Waals surface area (Å²) in [6.07, 6.45) is 0. The smallest absolute Gasteiger partial charge is 0.292 e. The Balaban J connectivity index is 2.39. The van der Waals surface area contributed by atoms with Gasteiger partial charge in [0.25, 0.3) is 0 Å². The van der Waals surface area contributed by atoms with Crippen molar-refractivity contribution >= 4 is 0 Å². The Morgan fingerprint density at radius 3 is 2.50 bits per heavy atom. The van der Waals surface area contributed by atoms with Crippen molar-refractivity contribution in [1.29, 1.82) is 0 Å². The summed E-state index contributed by atoms with van der Waals surface area (Å²) in [6.45, 7) is 4.35. The van der Waals surface area contributed by atoms with Crippen LogP contribution in [0.2, 0.25) is 0 Å². The van der Waals surface area contributed by atoms with Crippen LogP contribution in [0.3, 0.4) is 0 Å². The fraction of sp³-hybridized carbons (Fsp3) is 0.231. The topological polar surface area (TPSA) is 34.9 Å². The van der Waals surface area contributed by atoms with Crippen molar-refractivity contribution in [3.63, 3.8) is 0 Å². The normalized spacial score (nSPS) is 10.4. The average Bonchev–Trinajstić information content (AvgIpc) is 2.25. The number of hydrogen-bond acceptors (Lipinski definition) is 2. The monoisotopic (exact) mass is 214 g/mol. The minimum atomic E-state index is -0.179. The van der Waals surface area contributed by atoms with Crippen LogP contribution in [-0.4, -0.2) is 9.55 Å². The molecule has 0 amide bonds.